The Kier molecular flexibility index (Phi) is 12.6. The highest BCUT2D eigenvalue weighted by atomic mass is 16.7. The van der Waals surface area contributed by atoms with Gasteiger partial charge in [-0.05, 0) is 121 Å². The fraction of sp³-hybridized carbons (Fsp3) is 0.528. The Morgan fingerprint density at radius 2 is 1.18 bits per heavy atom. The summed E-state index contributed by atoms with van der Waals surface area (Å²) in [6, 6.07) is 8.66. The smallest absolute Gasteiger partial charge is 0.314 e. The van der Waals surface area contributed by atoms with Crippen molar-refractivity contribution in [2.75, 3.05) is 13.6 Å². The standard InChI is InChI=1S/C36H50O8/c1-22(2)28-19-29(23(3)4)32(44-24(5)6)27(31(28)41-21-43-34(39)36(10,11)12)17-18-30(37)25-13-15-26(16-14-25)40-20-42-33(38)35(7,8)9/h13-19,22-24H,20-21H2,1-12H3/b18-17+. The molecule has 0 bridgehead atoms. The molecule has 8 heteroatoms. The summed E-state index contributed by atoms with van der Waals surface area (Å²) in [5, 5.41) is 0. The van der Waals surface area contributed by atoms with Crippen molar-refractivity contribution >= 4 is 23.8 Å². The maximum absolute atomic E-state index is 13.3. The highest BCUT2D eigenvalue weighted by molar-refractivity contribution is 6.07. The van der Waals surface area contributed by atoms with Gasteiger partial charge in [0.2, 0.25) is 13.6 Å². The van der Waals surface area contributed by atoms with Crippen LogP contribution in [0.3, 0.4) is 0 Å². The fourth-order valence-electron chi connectivity index (χ4n) is 3.95. The lowest BCUT2D eigenvalue weighted by atomic mass is 9.90. The highest BCUT2D eigenvalue weighted by Gasteiger charge is 2.26. The Labute approximate surface area is 263 Å². The van der Waals surface area contributed by atoms with Crippen molar-refractivity contribution in [1.82, 2.24) is 0 Å². The molecule has 0 N–H and O–H groups in total. The van der Waals surface area contributed by atoms with Crippen molar-refractivity contribution in [3.8, 4) is 17.2 Å². The minimum Gasteiger partial charge on any atom is -0.490 e. The number of ether oxygens (including phenoxy) is 5. The Morgan fingerprint density at radius 1 is 0.705 bits per heavy atom. The zero-order valence-corrected chi connectivity index (χ0v) is 28.5. The first-order valence-electron chi connectivity index (χ1n) is 15.1. The zero-order chi connectivity index (χ0) is 33.4. The van der Waals surface area contributed by atoms with E-state index >= 15 is 0 Å². The normalized spacial score (nSPS) is 12.2. The van der Waals surface area contributed by atoms with Gasteiger partial charge in [-0.1, -0.05) is 27.7 Å². The topological polar surface area (TPSA) is 97.4 Å². The van der Waals surface area contributed by atoms with Crippen LogP contribution in [0.4, 0.5) is 0 Å². The van der Waals surface area contributed by atoms with Crippen LogP contribution in [0.5, 0.6) is 17.2 Å². The Morgan fingerprint density at radius 3 is 1.64 bits per heavy atom. The van der Waals surface area contributed by atoms with Gasteiger partial charge in [-0.3, -0.25) is 14.4 Å². The number of ketones is 1. The van der Waals surface area contributed by atoms with Crippen molar-refractivity contribution in [1.29, 1.82) is 0 Å². The van der Waals surface area contributed by atoms with E-state index in [1.807, 2.05) is 13.8 Å². The molecule has 8 nitrogen and oxygen atoms in total. The summed E-state index contributed by atoms with van der Waals surface area (Å²) in [6.07, 6.45) is 3.04. The average Bonchev–Trinajstić information content (AvgIpc) is 2.90. The Bertz CT molecular complexity index is 1320. The maximum Gasteiger partial charge on any atom is 0.314 e. The zero-order valence-electron chi connectivity index (χ0n) is 28.5. The lowest BCUT2D eigenvalue weighted by Gasteiger charge is -2.25. The second-order valence-corrected chi connectivity index (χ2v) is 13.7. The van der Waals surface area contributed by atoms with Crippen molar-refractivity contribution in [3.63, 3.8) is 0 Å². The van der Waals surface area contributed by atoms with Crippen molar-refractivity contribution in [2.45, 2.75) is 101 Å². The van der Waals surface area contributed by atoms with E-state index in [2.05, 4.69) is 33.8 Å². The number of allylic oxidation sites excluding steroid dienone is 1. The first-order chi connectivity index (χ1) is 20.3. The predicted octanol–water partition coefficient (Wildman–Crippen LogP) is 8.47. The van der Waals surface area contributed by atoms with Crippen molar-refractivity contribution in [3.05, 3.63) is 58.7 Å². The van der Waals surface area contributed by atoms with Crippen LogP contribution in [0.25, 0.3) is 6.08 Å². The van der Waals surface area contributed by atoms with Gasteiger partial charge in [0, 0.05) is 5.56 Å². The van der Waals surface area contributed by atoms with Crippen LogP contribution in [0, 0.1) is 10.8 Å². The fourth-order valence-corrected chi connectivity index (χ4v) is 3.95. The van der Waals surface area contributed by atoms with E-state index < -0.39 is 10.8 Å². The van der Waals surface area contributed by atoms with E-state index in [1.54, 1.807) is 71.9 Å². The van der Waals surface area contributed by atoms with Gasteiger partial charge in [-0.25, -0.2) is 0 Å². The predicted molar refractivity (Wildman–Crippen MR) is 172 cm³/mol. The second kappa shape index (κ2) is 15.3. The molecule has 0 spiro atoms. The third-order valence-electron chi connectivity index (χ3n) is 6.50. The minimum atomic E-state index is -0.676. The number of hydrogen-bond donors (Lipinski definition) is 0. The third-order valence-corrected chi connectivity index (χ3v) is 6.50. The maximum atomic E-state index is 13.3. The van der Waals surface area contributed by atoms with Crippen LogP contribution >= 0.6 is 0 Å². The van der Waals surface area contributed by atoms with Crippen LogP contribution in [-0.4, -0.2) is 37.4 Å². The molecule has 0 heterocycles. The molecule has 2 aromatic rings. The molecule has 0 unspecified atom stereocenters. The average molecular weight is 611 g/mol. The van der Waals surface area contributed by atoms with Gasteiger partial charge < -0.3 is 23.7 Å². The number of hydrogen-bond acceptors (Lipinski definition) is 8. The van der Waals surface area contributed by atoms with Crippen LogP contribution < -0.4 is 14.2 Å². The van der Waals surface area contributed by atoms with Crippen molar-refractivity contribution < 1.29 is 38.1 Å². The van der Waals surface area contributed by atoms with Gasteiger partial charge in [0.15, 0.2) is 5.78 Å². The number of esters is 2. The molecular formula is C36H50O8. The number of carbonyl (C=O) groups is 3. The van der Waals surface area contributed by atoms with Crippen molar-refractivity contribution in [2.24, 2.45) is 10.8 Å². The van der Waals surface area contributed by atoms with E-state index in [1.165, 1.54) is 6.08 Å². The van der Waals surface area contributed by atoms with Gasteiger partial charge in [0.1, 0.15) is 17.2 Å². The number of benzene rings is 2. The van der Waals surface area contributed by atoms with Gasteiger partial charge in [0.25, 0.3) is 0 Å². The molecular weight excluding hydrogens is 560 g/mol. The molecule has 0 aliphatic heterocycles. The molecule has 0 aromatic heterocycles. The SMILES string of the molecule is CC(C)Oc1c(C(C)C)cc(C(C)C)c(OCOC(=O)C(C)(C)C)c1/C=C/C(=O)c1ccc(OCOC(=O)C(C)(C)C)cc1. The lowest BCUT2D eigenvalue weighted by molar-refractivity contribution is -0.160. The van der Waals surface area contributed by atoms with E-state index in [0.717, 1.165) is 11.1 Å². The van der Waals surface area contributed by atoms with Crippen LogP contribution in [0.2, 0.25) is 0 Å². The molecule has 0 radical (unpaired) electrons. The summed E-state index contributed by atoms with van der Waals surface area (Å²) >= 11 is 0. The molecule has 242 valence electrons. The molecule has 2 rings (SSSR count). The first-order valence-corrected chi connectivity index (χ1v) is 15.1. The summed E-state index contributed by atoms with van der Waals surface area (Å²) in [6.45, 7) is 22.3. The monoisotopic (exact) mass is 610 g/mol. The van der Waals surface area contributed by atoms with Gasteiger partial charge in [0.05, 0.1) is 22.5 Å². The van der Waals surface area contributed by atoms with Crippen LogP contribution in [0.1, 0.15) is 122 Å². The molecule has 0 saturated heterocycles. The molecule has 44 heavy (non-hydrogen) atoms. The molecule has 0 amide bonds. The molecule has 2 aromatic carbocycles. The summed E-state index contributed by atoms with van der Waals surface area (Å²) in [7, 11) is 0. The largest absolute Gasteiger partial charge is 0.490 e. The molecule has 0 aliphatic rings. The third kappa shape index (κ3) is 10.4. The molecule has 0 atom stereocenters. The summed E-state index contributed by atoms with van der Waals surface area (Å²) in [4.78, 5) is 37.7. The summed E-state index contributed by atoms with van der Waals surface area (Å²) < 4.78 is 28.5. The van der Waals surface area contributed by atoms with Gasteiger partial charge in [-0.2, -0.15) is 0 Å². The van der Waals surface area contributed by atoms with E-state index in [-0.39, 0.29) is 49.2 Å². The Hall–Kier alpha value is -3.81. The van der Waals surface area contributed by atoms with Gasteiger partial charge >= 0.3 is 11.9 Å². The lowest BCUT2D eigenvalue weighted by Crippen LogP contribution is -2.25. The van der Waals surface area contributed by atoms with E-state index in [0.29, 0.717) is 28.4 Å². The number of carbonyl (C=O) groups excluding carboxylic acids is 3. The summed E-state index contributed by atoms with van der Waals surface area (Å²) in [5.74, 6) is 0.803. The molecule has 0 aliphatic carbocycles. The van der Waals surface area contributed by atoms with E-state index in [9.17, 15) is 14.4 Å². The van der Waals surface area contributed by atoms with Crippen LogP contribution in [-0.2, 0) is 19.1 Å². The highest BCUT2D eigenvalue weighted by Crippen LogP contribution is 2.43. The quantitative estimate of drug-likeness (QED) is 0.0964. The second-order valence-electron chi connectivity index (χ2n) is 13.7. The number of rotatable bonds is 13. The van der Waals surface area contributed by atoms with Crippen LogP contribution in [0.15, 0.2) is 36.4 Å². The summed E-state index contributed by atoms with van der Waals surface area (Å²) in [5.41, 5.74) is 1.65. The molecule has 0 fully saturated rings. The first kappa shape index (κ1) is 36.4. The molecule has 0 saturated carbocycles. The van der Waals surface area contributed by atoms with Gasteiger partial charge in [-0.15, -0.1) is 0 Å². The minimum absolute atomic E-state index is 0.0759. The Balaban J connectivity index is 2.44. The van der Waals surface area contributed by atoms with E-state index in [4.69, 9.17) is 23.7 Å².